The number of aromatic nitrogens is 1. The van der Waals surface area contributed by atoms with Crippen LogP contribution in [0.2, 0.25) is 5.02 Å². The first-order chi connectivity index (χ1) is 14.5. The number of thiazole rings is 1. The molecule has 0 aliphatic heterocycles. The molecule has 0 fully saturated rings. The third-order valence-electron chi connectivity index (χ3n) is 4.95. The van der Waals surface area contributed by atoms with E-state index in [1.807, 2.05) is 18.2 Å². The Hall–Kier alpha value is -2.35. The summed E-state index contributed by atoms with van der Waals surface area (Å²) in [6, 6.07) is 10.7. The van der Waals surface area contributed by atoms with E-state index in [4.69, 9.17) is 26.1 Å². The second kappa shape index (κ2) is 10.1. The molecule has 0 radical (unpaired) electrons. The molecule has 3 rings (SSSR count). The van der Waals surface area contributed by atoms with Crippen LogP contribution < -0.4 is 14.4 Å². The van der Waals surface area contributed by atoms with E-state index in [9.17, 15) is 4.79 Å². The van der Waals surface area contributed by atoms with Crippen LogP contribution in [0.5, 0.6) is 11.5 Å². The monoisotopic (exact) mass is 447 g/mol. The highest BCUT2D eigenvalue weighted by molar-refractivity contribution is 7.22. The molecular weight excluding hydrogens is 422 g/mol. The third kappa shape index (κ3) is 5.03. The third-order valence-corrected chi connectivity index (χ3v) is 6.22. The number of benzene rings is 2. The molecule has 0 saturated carbocycles. The van der Waals surface area contributed by atoms with Gasteiger partial charge in [0.25, 0.3) is 5.91 Å². The second-order valence-corrected chi connectivity index (χ2v) is 8.14. The Morgan fingerprint density at radius 1 is 1.03 bits per heavy atom. The quantitative estimate of drug-likeness (QED) is 0.464. The zero-order chi connectivity index (χ0) is 21.7. The summed E-state index contributed by atoms with van der Waals surface area (Å²) in [4.78, 5) is 22.3. The fourth-order valence-electron chi connectivity index (χ4n) is 3.15. The summed E-state index contributed by atoms with van der Waals surface area (Å²) in [5, 5.41) is 1.29. The number of carbonyl (C=O) groups is 1. The fourth-order valence-corrected chi connectivity index (χ4v) is 4.42. The Morgan fingerprint density at radius 3 is 2.30 bits per heavy atom. The van der Waals surface area contributed by atoms with E-state index in [1.165, 1.54) is 11.3 Å². The van der Waals surface area contributed by atoms with Gasteiger partial charge in [-0.1, -0.05) is 36.8 Å². The zero-order valence-electron chi connectivity index (χ0n) is 17.6. The molecule has 160 valence electrons. The van der Waals surface area contributed by atoms with Gasteiger partial charge in [-0.05, 0) is 43.4 Å². The van der Waals surface area contributed by atoms with Gasteiger partial charge in [0.1, 0.15) is 11.5 Å². The zero-order valence-corrected chi connectivity index (χ0v) is 19.2. The Balaban J connectivity index is 2.00. The van der Waals surface area contributed by atoms with Gasteiger partial charge < -0.3 is 14.4 Å². The number of halogens is 1. The number of amides is 1. The smallest absolute Gasteiger partial charge is 0.260 e. The summed E-state index contributed by atoms with van der Waals surface area (Å²) in [7, 11) is 3.14. The Kier molecular flexibility index (Phi) is 7.53. The van der Waals surface area contributed by atoms with Gasteiger partial charge >= 0.3 is 0 Å². The van der Waals surface area contributed by atoms with E-state index < -0.39 is 0 Å². The van der Waals surface area contributed by atoms with Crippen molar-refractivity contribution in [2.24, 2.45) is 0 Å². The van der Waals surface area contributed by atoms with E-state index in [-0.39, 0.29) is 5.91 Å². The summed E-state index contributed by atoms with van der Waals surface area (Å²) in [6.45, 7) is 7.33. The molecule has 0 unspecified atom stereocenters. The topological polar surface area (TPSA) is 54.9 Å². The molecule has 1 heterocycles. The van der Waals surface area contributed by atoms with Crippen LogP contribution in [0.25, 0.3) is 10.2 Å². The van der Waals surface area contributed by atoms with Crippen LogP contribution in [0.15, 0.2) is 36.4 Å². The van der Waals surface area contributed by atoms with E-state index in [2.05, 4.69) is 18.7 Å². The molecule has 2 aromatic carbocycles. The maximum Gasteiger partial charge on any atom is 0.260 e. The standard InChI is InChI=1S/C22H26ClN3O3S/c1-5-25(6-2)9-10-26(22-24-19-8-7-16(23)13-20(19)30-22)21(27)15-11-17(28-3)14-18(12-15)29-4/h7-8,11-14H,5-6,9-10H2,1-4H3. The van der Waals surface area contributed by atoms with E-state index in [0.29, 0.717) is 33.8 Å². The molecular formula is C22H26ClN3O3S. The molecule has 1 aromatic heterocycles. The fraction of sp³-hybridized carbons (Fsp3) is 0.364. The average molecular weight is 448 g/mol. The van der Waals surface area contributed by atoms with Crippen LogP contribution in [0.3, 0.4) is 0 Å². The lowest BCUT2D eigenvalue weighted by Crippen LogP contribution is -2.38. The lowest BCUT2D eigenvalue weighted by atomic mass is 10.1. The van der Waals surface area contributed by atoms with Crippen molar-refractivity contribution in [3.8, 4) is 11.5 Å². The molecule has 0 saturated heterocycles. The molecule has 8 heteroatoms. The van der Waals surface area contributed by atoms with E-state index >= 15 is 0 Å². The van der Waals surface area contributed by atoms with Crippen LogP contribution in [-0.2, 0) is 0 Å². The molecule has 0 bridgehead atoms. The van der Waals surface area contributed by atoms with Crippen molar-refractivity contribution in [3.63, 3.8) is 0 Å². The first-order valence-corrected chi connectivity index (χ1v) is 11.0. The van der Waals surface area contributed by atoms with Gasteiger partial charge in [0.15, 0.2) is 5.13 Å². The molecule has 3 aromatic rings. The Morgan fingerprint density at radius 2 is 1.70 bits per heavy atom. The number of ether oxygens (including phenoxy) is 2. The summed E-state index contributed by atoms with van der Waals surface area (Å²) in [5.74, 6) is 0.986. The maximum atomic E-state index is 13.6. The number of hydrogen-bond acceptors (Lipinski definition) is 6. The first-order valence-electron chi connectivity index (χ1n) is 9.82. The van der Waals surface area contributed by atoms with Crippen molar-refractivity contribution in [3.05, 3.63) is 47.0 Å². The molecule has 0 aliphatic carbocycles. The van der Waals surface area contributed by atoms with Crippen LogP contribution in [0, 0.1) is 0 Å². The SMILES string of the molecule is CCN(CC)CCN(C(=O)c1cc(OC)cc(OC)c1)c1nc2ccc(Cl)cc2s1. The van der Waals surface area contributed by atoms with Gasteiger partial charge in [-0.15, -0.1) is 0 Å². The van der Waals surface area contributed by atoms with Crippen molar-refractivity contribution >= 4 is 44.2 Å². The number of likely N-dealkylation sites (N-methyl/N-ethyl adjacent to an activating group) is 1. The van der Waals surface area contributed by atoms with Crippen molar-refractivity contribution in [2.75, 3.05) is 45.3 Å². The maximum absolute atomic E-state index is 13.6. The molecule has 0 spiro atoms. The van der Waals surface area contributed by atoms with Gasteiger partial charge in [0.05, 0.1) is 24.4 Å². The number of hydrogen-bond donors (Lipinski definition) is 0. The van der Waals surface area contributed by atoms with Crippen LogP contribution in [0.4, 0.5) is 5.13 Å². The summed E-state index contributed by atoms with van der Waals surface area (Å²) >= 11 is 7.59. The molecule has 30 heavy (non-hydrogen) atoms. The predicted molar refractivity (Wildman–Crippen MR) is 124 cm³/mol. The lowest BCUT2D eigenvalue weighted by molar-refractivity contribution is 0.0983. The minimum Gasteiger partial charge on any atom is -0.497 e. The molecule has 0 aliphatic rings. The normalized spacial score (nSPS) is 11.1. The predicted octanol–water partition coefficient (Wildman–Crippen LogP) is 4.96. The number of anilines is 1. The van der Waals surface area contributed by atoms with Gasteiger partial charge in [0, 0.05) is 29.7 Å². The Bertz CT molecular complexity index is 998. The number of methoxy groups -OCH3 is 2. The highest BCUT2D eigenvalue weighted by atomic mass is 35.5. The average Bonchev–Trinajstić information content (AvgIpc) is 3.18. The van der Waals surface area contributed by atoms with Crippen LogP contribution in [0.1, 0.15) is 24.2 Å². The molecule has 0 atom stereocenters. The molecule has 0 N–H and O–H groups in total. The molecule has 6 nitrogen and oxygen atoms in total. The summed E-state index contributed by atoms with van der Waals surface area (Å²) < 4.78 is 11.6. The highest BCUT2D eigenvalue weighted by Gasteiger charge is 2.23. The van der Waals surface area contributed by atoms with Gasteiger partial charge in [0.2, 0.25) is 0 Å². The van der Waals surface area contributed by atoms with E-state index in [0.717, 1.165) is 29.9 Å². The Labute approximate surface area is 186 Å². The van der Waals surface area contributed by atoms with Gasteiger partial charge in [-0.3, -0.25) is 9.69 Å². The van der Waals surface area contributed by atoms with Gasteiger partial charge in [-0.2, -0.15) is 0 Å². The van der Waals surface area contributed by atoms with Crippen LogP contribution in [-0.4, -0.2) is 56.2 Å². The van der Waals surface area contributed by atoms with Crippen molar-refractivity contribution in [1.29, 1.82) is 0 Å². The lowest BCUT2D eigenvalue weighted by Gasteiger charge is -2.25. The number of carbonyl (C=O) groups excluding carboxylic acids is 1. The summed E-state index contributed by atoms with van der Waals surface area (Å²) in [6.07, 6.45) is 0. The minimum absolute atomic E-state index is 0.149. The van der Waals surface area contributed by atoms with Crippen LogP contribution >= 0.6 is 22.9 Å². The van der Waals surface area contributed by atoms with Crippen molar-refractivity contribution in [2.45, 2.75) is 13.8 Å². The van der Waals surface area contributed by atoms with E-state index in [1.54, 1.807) is 37.3 Å². The second-order valence-electron chi connectivity index (χ2n) is 6.69. The minimum atomic E-state index is -0.149. The highest BCUT2D eigenvalue weighted by Crippen LogP contribution is 2.32. The number of fused-ring (bicyclic) bond motifs is 1. The first kappa shape index (κ1) is 22.3. The molecule has 1 amide bonds. The van der Waals surface area contributed by atoms with Gasteiger partial charge in [-0.25, -0.2) is 4.98 Å². The number of rotatable bonds is 9. The number of nitrogens with zero attached hydrogens (tertiary/aromatic N) is 3. The summed E-state index contributed by atoms with van der Waals surface area (Å²) in [5.41, 5.74) is 1.31. The van der Waals surface area contributed by atoms with Crippen molar-refractivity contribution < 1.29 is 14.3 Å². The largest absolute Gasteiger partial charge is 0.497 e. The van der Waals surface area contributed by atoms with Crippen molar-refractivity contribution in [1.82, 2.24) is 9.88 Å².